The highest BCUT2D eigenvalue weighted by Crippen LogP contribution is 2.18. The van der Waals surface area contributed by atoms with E-state index in [0.717, 1.165) is 5.69 Å². The van der Waals surface area contributed by atoms with E-state index in [-0.39, 0.29) is 11.8 Å². The Morgan fingerprint density at radius 3 is 2.30 bits per heavy atom. The van der Waals surface area contributed by atoms with E-state index in [1.165, 1.54) is 6.92 Å². The molecule has 0 aliphatic carbocycles. The lowest BCUT2D eigenvalue weighted by Crippen LogP contribution is -2.37. The summed E-state index contributed by atoms with van der Waals surface area (Å²) < 4.78 is 0. The van der Waals surface area contributed by atoms with E-state index in [1.54, 1.807) is 53.4 Å². The average Bonchev–Trinajstić information content (AvgIpc) is 2.52. The second-order valence-electron chi connectivity index (χ2n) is 4.88. The Morgan fingerprint density at radius 1 is 1.04 bits per heavy atom. The summed E-state index contributed by atoms with van der Waals surface area (Å²) in [5.74, 6) is -0.380. The second kappa shape index (κ2) is 7.99. The molecule has 1 N–H and O–H groups in total. The molecule has 0 radical (unpaired) electrons. The average molecular weight is 351 g/mol. The molecule has 0 spiro atoms. The summed E-state index contributed by atoms with van der Waals surface area (Å²) in [6.45, 7) is 2.14. The predicted octanol–water partition coefficient (Wildman–Crippen LogP) is 3.78. The largest absolute Gasteiger partial charge is 0.350 e. The molecule has 0 bridgehead atoms. The normalized spacial score (nSPS) is 10.2. The molecule has 0 atom stereocenters. The molecule has 2 aromatic rings. The van der Waals surface area contributed by atoms with Gasteiger partial charge in [-0.15, -0.1) is 0 Å². The van der Waals surface area contributed by atoms with Crippen molar-refractivity contribution in [2.75, 3.05) is 18.0 Å². The van der Waals surface area contributed by atoms with Crippen LogP contribution in [0.25, 0.3) is 0 Å². The van der Waals surface area contributed by atoms with E-state index in [0.29, 0.717) is 28.7 Å². The van der Waals surface area contributed by atoms with Crippen LogP contribution in [0.3, 0.4) is 0 Å². The molecule has 2 amide bonds. The maximum Gasteiger partial charge on any atom is 0.252 e. The zero-order chi connectivity index (χ0) is 16.8. The molecule has 0 aliphatic rings. The number of anilines is 1. The first kappa shape index (κ1) is 17.3. The summed E-state index contributed by atoms with van der Waals surface area (Å²) >= 11 is 11.8. The van der Waals surface area contributed by atoms with Crippen LogP contribution in [0.2, 0.25) is 10.0 Å². The Labute approximate surface area is 145 Å². The van der Waals surface area contributed by atoms with Crippen LogP contribution >= 0.6 is 23.2 Å². The van der Waals surface area contributed by atoms with E-state index in [2.05, 4.69) is 5.32 Å². The van der Waals surface area contributed by atoms with Crippen LogP contribution < -0.4 is 10.2 Å². The second-order valence-corrected chi connectivity index (χ2v) is 5.73. The predicted molar refractivity (Wildman–Crippen MR) is 93.3 cm³/mol. The van der Waals surface area contributed by atoms with E-state index in [1.807, 2.05) is 0 Å². The van der Waals surface area contributed by atoms with Gasteiger partial charge in [-0.25, -0.2) is 0 Å². The van der Waals surface area contributed by atoms with Gasteiger partial charge in [-0.05, 0) is 36.4 Å². The van der Waals surface area contributed by atoms with Crippen molar-refractivity contribution >= 4 is 40.7 Å². The number of halogens is 2. The number of benzene rings is 2. The van der Waals surface area contributed by atoms with Gasteiger partial charge in [0.15, 0.2) is 0 Å². The Kier molecular flexibility index (Phi) is 6.02. The van der Waals surface area contributed by atoms with Crippen LogP contribution in [0.1, 0.15) is 17.3 Å². The molecule has 2 aromatic carbocycles. The molecule has 0 aromatic heterocycles. The first-order valence-corrected chi connectivity index (χ1v) is 7.81. The van der Waals surface area contributed by atoms with Gasteiger partial charge in [0.2, 0.25) is 5.91 Å². The molecule has 120 valence electrons. The fourth-order valence-corrected chi connectivity index (χ4v) is 2.46. The van der Waals surface area contributed by atoms with E-state index in [4.69, 9.17) is 23.2 Å². The number of carbonyl (C=O) groups excluding carboxylic acids is 2. The van der Waals surface area contributed by atoms with Crippen molar-refractivity contribution in [3.05, 3.63) is 64.1 Å². The van der Waals surface area contributed by atoms with Gasteiger partial charge >= 0.3 is 0 Å². The third-order valence-electron chi connectivity index (χ3n) is 3.26. The van der Waals surface area contributed by atoms with Crippen molar-refractivity contribution in [1.82, 2.24) is 5.32 Å². The lowest BCUT2D eigenvalue weighted by atomic mass is 10.2. The van der Waals surface area contributed by atoms with Crippen molar-refractivity contribution in [2.45, 2.75) is 6.92 Å². The number of carbonyl (C=O) groups is 2. The summed E-state index contributed by atoms with van der Waals surface area (Å²) in [4.78, 5) is 25.4. The van der Waals surface area contributed by atoms with Crippen LogP contribution in [-0.4, -0.2) is 24.9 Å². The molecule has 4 nitrogen and oxygen atoms in total. The van der Waals surface area contributed by atoms with Gasteiger partial charge in [0.25, 0.3) is 5.91 Å². The Balaban J connectivity index is 1.97. The maximum absolute atomic E-state index is 12.1. The van der Waals surface area contributed by atoms with Crippen LogP contribution in [-0.2, 0) is 4.79 Å². The van der Waals surface area contributed by atoms with Gasteiger partial charge in [0.1, 0.15) is 0 Å². The van der Waals surface area contributed by atoms with Gasteiger partial charge in [0.05, 0.1) is 10.6 Å². The quantitative estimate of drug-likeness (QED) is 0.891. The first-order chi connectivity index (χ1) is 11.0. The fourth-order valence-electron chi connectivity index (χ4n) is 2.11. The zero-order valence-electron chi connectivity index (χ0n) is 12.6. The lowest BCUT2D eigenvalue weighted by molar-refractivity contribution is -0.116. The van der Waals surface area contributed by atoms with E-state index >= 15 is 0 Å². The first-order valence-electron chi connectivity index (χ1n) is 7.05. The lowest BCUT2D eigenvalue weighted by Gasteiger charge is -2.21. The van der Waals surface area contributed by atoms with E-state index < -0.39 is 0 Å². The topological polar surface area (TPSA) is 49.4 Å². The van der Waals surface area contributed by atoms with Crippen molar-refractivity contribution in [3.8, 4) is 0 Å². The molecule has 0 saturated heterocycles. The molecule has 6 heteroatoms. The smallest absolute Gasteiger partial charge is 0.252 e. The number of hydrogen-bond acceptors (Lipinski definition) is 2. The SMILES string of the molecule is CC(=O)N(CCNC(=O)c1ccccc1Cl)c1ccc(Cl)cc1. The number of rotatable bonds is 5. The third-order valence-corrected chi connectivity index (χ3v) is 3.84. The van der Waals surface area contributed by atoms with Crippen molar-refractivity contribution < 1.29 is 9.59 Å². The molecular formula is C17H16Cl2N2O2. The summed E-state index contributed by atoms with van der Waals surface area (Å²) in [6.07, 6.45) is 0. The summed E-state index contributed by atoms with van der Waals surface area (Å²) in [6, 6.07) is 13.8. The standard InChI is InChI=1S/C17H16Cl2N2O2/c1-12(22)21(14-8-6-13(18)7-9-14)11-10-20-17(23)15-4-2-3-5-16(15)19/h2-9H,10-11H2,1H3,(H,20,23). The molecule has 0 saturated carbocycles. The molecule has 0 heterocycles. The molecule has 2 rings (SSSR count). The maximum atomic E-state index is 12.1. The Hall–Kier alpha value is -2.04. The van der Waals surface area contributed by atoms with Gasteiger partial charge in [-0.1, -0.05) is 35.3 Å². The minimum absolute atomic E-state index is 0.112. The van der Waals surface area contributed by atoms with Gasteiger partial charge in [-0.2, -0.15) is 0 Å². The highest BCUT2D eigenvalue weighted by Gasteiger charge is 2.13. The summed E-state index contributed by atoms with van der Waals surface area (Å²) in [7, 11) is 0. The minimum Gasteiger partial charge on any atom is -0.350 e. The minimum atomic E-state index is -0.268. The Morgan fingerprint density at radius 2 is 1.70 bits per heavy atom. The number of amides is 2. The highest BCUT2D eigenvalue weighted by atomic mass is 35.5. The van der Waals surface area contributed by atoms with Gasteiger partial charge in [0, 0.05) is 30.7 Å². The van der Waals surface area contributed by atoms with E-state index in [9.17, 15) is 9.59 Å². The Bertz CT molecular complexity index is 702. The molecular weight excluding hydrogens is 335 g/mol. The molecule has 0 fully saturated rings. The monoisotopic (exact) mass is 350 g/mol. The molecule has 23 heavy (non-hydrogen) atoms. The van der Waals surface area contributed by atoms with Crippen LogP contribution in [0.5, 0.6) is 0 Å². The summed E-state index contributed by atoms with van der Waals surface area (Å²) in [5, 5.41) is 3.76. The van der Waals surface area contributed by atoms with Crippen molar-refractivity contribution in [1.29, 1.82) is 0 Å². The van der Waals surface area contributed by atoms with Crippen molar-refractivity contribution in [2.24, 2.45) is 0 Å². The molecule has 0 aliphatic heterocycles. The van der Waals surface area contributed by atoms with Gasteiger partial charge < -0.3 is 10.2 Å². The van der Waals surface area contributed by atoms with Crippen LogP contribution in [0, 0.1) is 0 Å². The zero-order valence-corrected chi connectivity index (χ0v) is 14.1. The third kappa shape index (κ3) is 4.71. The van der Waals surface area contributed by atoms with Crippen LogP contribution in [0.15, 0.2) is 48.5 Å². The van der Waals surface area contributed by atoms with Crippen molar-refractivity contribution in [3.63, 3.8) is 0 Å². The summed E-state index contributed by atoms with van der Waals surface area (Å²) in [5.41, 5.74) is 1.14. The number of nitrogens with one attached hydrogen (secondary N) is 1. The number of nitrogens with zero attached hydrogens (tertiary/aromatic N) is 1. The van der Waals surface area contributed by atoms with Gasteiger partial charge in [-0.3, -0.25) is 9.59 Å². The highest BCUT2D eigenvalue weighted by molar-refractivity contribution is 6.33. The number of hydrogen-bond donors (Lipinski definition) is 1. The molecule has 0 unspecified atom stereocenters. The van der Waals surface area contributed by atoms with Crippen LogP contribution in [0.4, 0.5) is 5.69 Å². The fraction of sp³-hybridized carbons (Fsp3) is 0.176.